The highest BCUT2D eigenvalue weighted by atomic mass is 16.5. The van der Waals surface area contributed by atoms with Crippen LogP contribution < -0.4 is 25.4 Å². The molecule has 2 rings (SSSR count). The first-order valence-electron chi connectivity index (χ1n) is 7.72. The Balaban J connectivity index is 1.90. The van der Waals surface area contributed by atoms with Gasteiger partial charge in [-0.3, -0.25) is 4.79 Å². The van der Waals surface area contributed by atoms with Crippen LogP contribution in [0.2, 0.25) is 0 Å². The van der Waals surface area contributed by atoms with E-state index in [4.69, 9.17) is 9.47 Å². The van der Waals surface area contributed by atoms with E-state index in [-0.39, 0.29) is 11.9 Å². The summed E-state index contributed by atoms with van der Waals surface area (Å²) < 4.78 is 10.7. The highest BCUT2D eigenvalue weighted by Gasteiger charge is 2.15. The van der Waals surface area contributed by atoms with E-state index in [1.807, 2.05) is 0 Å². The molecule has 0 aliphatic rings. The van der Waals surface area contributed by atoms with Gasteiger partial charge in [0.15, 0.2) is 6.10 Å². The van der Waals surface area contributed by atoms with Crippen LogP contribution in [0.5, 0.6) is 11.5 Å². The lowest BCUT2D eigenvalue weighted by Gasteiger charge is -2.15. The van der Waals surface area contributed by atoms with Crippen molar-refractivity contribution in [2.45, 2.75) is 13.0 Å². The number of hydrogen-bond donors (Lipinski definition) is 3. The summed E-state index contributed by atoms with van der Waals surface area (Å²) >= 11 is 0. The van der Waals surface area contributed by atoms with Crippen LogP contribution in [0.25, 0.3) is 0 Å². The number of carbonyl (C=O) groups is 2. The number of anilines is 2. The summed E-state index contributed by atoms with van der Waals surface area (Å²) in [4.78, 5) is 23.4. The molecule has 0 bridgehead atoms. The fourth-order valence-electron chi connectivity index (χ4n) is 1.99. The molecule has 0 heterocycles. The maximum Gasteiger partial charge on any atom is 0.318 e. The molecular weight excluding hydrogens is 322 g/mol. The van der Waals surface area contributed by atoms with Crippen LogP contribution in [0.4, 0.5) is 16.2 Å². The molecule has 0 aromatic heterocycles. The van der Waals surface area contributed by atoms with E-state index in [1.54, 1.807) is 62.6 Å². The van der Waals surface area contributed by atoms with Crippen LogP contribution in [-0.4, -0.2) is 32.2 Å². The molecule has 1 atom stereocenters. The van der Waals surface area contributed by atoms with Gasteiger partial charge in [-0.1, -0.05) is 0 Å². The van der Waals surface area contributed by atoms with Crippen LogP contribution in [0.1, 0.15) is 6.92 Å². The fraction of sp³-hybridized carbons (Fsp3) is 0.222. The number of ether oxygens (including phenoxy) is 2. The first kappa shape index (κ1) is 18.1. The number of benzene rings is 2. The summed E-state index contributed by atoms with van der Waals surface area (Å²) in [6.07, 6.45) is -0.669. The molecular formula is C18H21N3O4. The molecule has 132 valence electrons. The second kappa shape index (κ2) is 8.58. The molecule has 0 spiro atoms. The Labute approximate surface area is 146 Å². The van der Waals surface area contributed by atoms with E-state index in [0.29, 0.717) is 17.1 Å². The largest absolute Gasteiger partial charge is 0.497 e. The van der Waals surface area contributed by atoms with Crippen LogP contribution in [-0.2, 0) is 4.79 Å². The van der Waals surface area contributed by atoms with Crippen molar-refractivity contribution in [2.24, 2.45) is 0 Å². The van der Waals surface area contributed by atoms with Crippen LogP contribution in [0, 0.1) is 0 Å². The molecule has 3 N–H and O–H groups in total. The van der Waals surface area contributed by atoms with E-state index in [1.165, 1.54) is 7.05 Å². The van der Waals surface area contributed by atoms with Gasteiger partial charge >= 0.3 is 6.03 Å². The zero-order chi connectivity index (χ0) is 18.2. The minimum Gasteiger partial charge on any atom is -0.497 e. The fourth-order valence-corrected chi connectivity index (χ4v) is 1.99. The molecule has 0 aliphatic heterocycles. The summed E-state index contributed by atoms with van der Waals surface area (Å²) in [7, 11) is 3.12. The number of rotatable bonds is 6. The SMILES string of the molecule is CNC(=O)Nc1ccc(NC(=O)[C@H](C)Oc2ccc(OC)cc2)cc1. The smallest absolute Gasteiger partial charge is 0.318 e. The normalized spacial score (nSPS) is 11.2. The van der Waals surface area contributed by atoms with E-state index in [0.717, 1.165) is 5.75 Å². The topological polar surface area (TPSA) is 88.7 Å². The molecule has 7 heteroatoms. The molecule has 25 heavy (non-hydrogen) atoms. The highest BCUT2D eigenvalue weighted by molar-refractivity contribution is 5.94. The number of hydrogen-bond acceptors (Lipinski definition) is 4. The van der Waals surface area contributed by atoms with Crippen LogP contribution >= 0.6 is 0 Å². The third-order valence-electron chi connectivity index (χ3n) is 3.38. The third-order valence-corrected chi connectivity index (χ3v) is 3.38. The lowest BCUT2D eigenvalue weighted by Crippen LogP contribution is -2.30. The Bertz CT molecular complexity index is 714. The summed E-state index contributed by atoms with van der Waals surface area (Å²) in [5.41, 5.74) is 1.23. The van der Waals surface area contributed by atoms with Gasteiger partial charge < -0.3 is 25.4 Å². The van der Waals surface area contributed by atoms with Gasteiger partial charge in [0, 0.05) is 18.4 Å². The predicted octanol–water partition coefficient (Wildman–Crippen LogP) is 2.85. The van der Waals surface area contributed by atoms with Gasteiger partial charge in [0.2, 0.25) is 0 Å². The zero-order valence-electron chi connectivity index (χ0n) is 14.3. The Morgan fingerprint density at radius 1 is 0.880 bits per heavy atom. The van der Waals surface area contributed by atoms with Crippen LogP contribution in [0.3, 0.4) is 0 Å². The van der Waals surface area contributed by atoms with Gasteiger partial charge in [-0.15, -0.1) is 0 Å². The molecule has 3 amide bonds. The molecule has 2 aromatic rings. The van der Waals surface area contributed by atoms with E-state index >= 15 is 0 Å². The highest BCUT2D eigenvalue weighted by Crippen LogP contribution is 2.19. The standard InChI is InChI=1S/C18H21N3O4/c1-12(25-16-10-8-15(24-3)9-11-16)17(22)20-13-4-6-14(7-5-13)21-18(23)19-2/h4-12H,1-3H3,(H,20,22)(H2,19,21,23)/t12-/m0/s1. The van der Waals surface area contributed by atoms with Gasteiger partial charge in [0.25, 0.3) is 5.91 Å². The lowest BCUT2D eigenvalue weighted by atomic mass is 10.2. The van der Waals surface area contributed by atoms with Gasteiger partial charge in [0.05, 0.1) is 7.11 Å². The molecule has 0 aliphatic carbocycles. The maximum atomic E-state index is 12.2. The summed E-state index contributed by atoms with van der Waals surface area (Å²) in [5.74, 6) is 1.02. The number of nitrogens with one attached hydrogen (secondary N) is 3. The van der Waals surface area contributed by atoms with Crippen molar-refractivity contribution in [2.75, 3.05) is 24.8 Å². The maximum absolute atomic E-state index is 12.2. The van der Waals surface area contributed by atoms with Crippen molar-refractivity contribution < 1.29 is 19.1 Å². The van der Waals surface area contributed by atoms with Crippen molar-refractivity contribution in [3.05, 3.63) is 48.5 Å². The van der Waals surface area contributed by atoms with Gasteiger partial charge in [-0.25, -0.2) is 4.79 Å². The quantitative estimate of drug-likeness (QED) is 0.752. The summed E-state index contributed by atoms with van der Waals surface area (Å²) in [6.45, 7) is 1.67. The van der Waals surface area contributed by atoms with Gasteiger partial charge in [-0.2, -0.15) is 0 Å². The number of urea groups is 1. The first-order chi connectivity index (χ1) is 12.0. The third kappa shape index (κ3) is 5.42. The Morgan fingerprint density at radius 2 is 1.40 bits per heavy atom. The van der Waals surface area contributed by atoms with Gasteiger partial charge in [0.1, 0.15) is 11.5 Å². The van der Waals surface area contributed by atoms with E-state index < -0.39 is 6.10 Å². The number of carbonyl (C=O) groups excluding carboxylic acids is 2. The summed E-state index contributed by atoms with van der Waals surface area (Å²) in [6, 6.07) is 13.5. The minimum atomic E-state index is -0.669. The Hall–Kier alpha value is -3.22. The van der Waals surface area contributed by atoms with Gasteiger partial charge in [-0.05, 0) is 55.5 Å². The second-order valence-corrected chi connectivity index (χ2v) is 5.21. The Morgan fingerprint density at radius 3 is 1.92 bits per heavy atom. The molecule has 0 radical (unpaired) electrons. The Kier molecular flexibility index (Phi) is 6.22. The first-order valence-corrected chi connectivity index (χ1v) is 7.72. The minimum absolute atomic E-state index is 0.275. The molecule has 2 aromatic carbocycles. The van der Waals surface area contributed by atoms with E-state index in [2.05, 4.69) is 16.0 Å². The number of amides is 3. The molecule has 0 saturated heterocycles. The second-order valence-electron chi connectivity index (χ2n) is 5.21. The lowest BCUT2D eigenvalue weighted by molar-refractivity contribution is -0.122. The molecule has 0 unspecified atom stereocenters. The van der Waals surface area contributed by atoms with Crippen molar-refractivity contribution in [3.63, 3.8) is 0 Å². The molecule has 7 nitrogen and oxygen atoms in total. The zero-order valence-corrected chi connectivity index (χ0v) is 14.3. The summed E-state index contributed by atoms with van der Waals surface area (Å²) in [5, 5.41) is 7.86. The van der Waals surface area contributed by atoms with Crippen LogP contribution in [0.15, 0.2) is 48.5 Å². The molecule has 0 fully saturated rings. The van der Waals surface area contributed by atoms with Crippen molar-refractivity contribution in [1.29, 1.82) is 0 Å². The average molecular weight is 343 g/mol. The monoisotopic (exact) mass is 343 g/mol. The van der Waals surface area contributed by atoms with E-state index in [9.17, 15) is 9.59 Å². The average Bonchev–Trinajstić information content (AvgIpc) is 2.63. The van der Waals surface area contributed by atoms with Crippen molar-refractivity contribution in [1.82, 2.24) is 5.32 Å². The van der Waals surface area contributed by atoms with Crippen molar-refractivity contribution >= 4 is 23.3 Å². The molecule has 0 saturated carbocycles. The predicted molar refractivity (Wildman–Crippen MR) is 96.2 cm³/mol. The number of methoxy groups -OCH3 is 1. The van der Waals surface area contributed by atoms with Crippen molar-refractivity contribution in [3.8, 4) is 11.5 Å².